The molecule has 1 heterocycles. The molecule has 0 spiro atoms. The summed E-state index contributed by atoms with van der Waals surface area (Å²) in [5.74, 6) is -0.278. The van der Waals surface area contributed by atoms with E-state index in [1.54, 1.807) is 13.8 Å². The lowest BCUT2D eigenvalue weighted by Gasteiger charge is -2.30. The number of hydrogen-bond acceptors (Lipinski definition) is 3. The third-order valence-corrected chi connectivity index (χ3v) is 2.92. The maximum atomic E-state index is 12.9. The first-order valence-corrected chi connectivity index (χ1v) is 5.83. The minimum Gasteiger partial charge on any atom is -0.325 e. The number of hydrogen-bond donors (Lipinski definition) is 0. The van der Waals surface area contributed by atoms with Crippen molar-refractivity contribution >= 4 is 17.0 Å². The number of carbonyl (C=O) groups is 1. The summed E-state index contributed by atoms with van der Waals surface area (Å²) >= 11 is 5.35. The highest BCUT2D eigenvalue weighted by atomic mass is 35.5. The van der Waals surface area contributed by atoms with E-state index in [0.29, 0.717) is 0 Å². The molecule has 4 nitrogen and oxygen atoms in total. The number of halogens is 4. The smallest absolute Gasteiger partial charge is 0.325 e. The topological polar surface area (TPSA) is 46.1 Å². The second-order valence-electron chi connectivity index (χ2n) is 4.38. The molecule has 0 aliphatic heterocycles. The van der Waals surface area contributed by atoms with E-state index in [1.807, 2.05) is 0 Å². The molecular formula is C11H13ClF3N3O. The molecule has 1 atom stereocenters. The summed E-state index contributed by atoms with van der Waals surface area (Å²) in [7, 11) is 1.34. The van der Waals surface area contributed by atoms with Gasteiger partial charge in [-0.05, 0) is 17.5 Å². The van der Waals surface area contributed by atoms with Crippen molar-refractivity contribution in [3.8, 4) is 0 Å². The Kier molecular flexibility index (Phi) is 4.73. The first-order chi connectivity index (χ1) is 8.66. The molecule has 0 saturated heterocycles. The molecule has 0 aliphatic rings. The fourth-order valence-electron chi connectivity index (χ4n) is 1.92. The van der Waals surface area contributed by atoms with Crippen molar-refractivity contribution in [1.82, 2.24) is 14.9 Å². The van der Waals surface area contributed by atoms with Gasteiger partial charge in [0.25, 0.3) is 0 Å². The van der Waals surface area contributed by atoms with Gasteiger partial charge in [0.2, 0.25) is 0 Å². The van der Waals surface area contributed by atoms with Crippen LogP contribution in [0.15, 0.2) is 12.5 Å². The van der Waals surface area contributed by atoms with Crippen molar-refractivity contribution in [3.05, 3.63) is 23.8 Å². The van der Waals surface area contributed by atoms with E-state index in [4.69, 9.17) is 11.6 Å². The third kappa shape index (κ3) is 3.56. The summed E-state index contributed by atoms with van der Waals surface area (Å²) in [5, 5.41) is -0.837. The Morgan fingerprint density at radius 2 is 2.00 bits per heavy atom. The molecule has 0 fully saturated rings. The predicted octanol–water partition coefficient (Wildman–Crippen LogP) is 3.48. The minimum absolute atomic E-state index is 0.165. The van der Waals surface area contributed by atoms with Gasteiger partial charge in [-0.1, -0.05) is 13.8 Å². The van der Waals surface area contributed by atoms with E-state index in [1.165, 1.54) is 7.05 Å². The van der Waals surface area contributed by atoms with Crippen molar-refractivity contribution in [3.63, 3.8) is 0 Å². The van der Waals surface area contributed by atoms with Crippen LogP contribution in [0.3, 0.4) is 0 Å². The number of nitrogens with zero attached hydrogens (tertiary/aromatic N) is 3. The van der Waals surface area contributed by atoms with Crippen LogP contribution in [-0.4, -0.2) is 27.3 Å². The van der Waals surface area contributed by atoms with Crippen LogP contribution in [0.25, 0.3) is 0 Å². The Labute approximate surface area is 113 Å². The Hall–Kier alpha value is -1.37. The van der Waals surface area contributed by atoms with Gasteiger partial charge in [0.1, 0.15) is 6.33 Å². The minimum atomic E-state index is -4.61. The first-order valence-electron chi connectivity index (χ1n) is 5.45. The highest BCUT2D eigenvalue weighted by Gasteiger charge is 2.39. The quantitative estimate of drug-likeness (QED) is 0.633. The van der Waals surface area contributed by atoms with Gasteiger partial charge in [0, 0.05) is 18.8 Å². The van der Waals surface area contributed by atoms with Crippen molar-refractivity contribution in [2.45, 2.75) is 26.1 Å². The van der Waals surface area contributed by atoms with E-state index >= 15 is 0 Å². The van der Waals surface area contributed by atoms with Crippen molar-refractivity contribution in [1.29, 1.82) is 0 Å². The predicted molar refractivity (Wildman–Crippen MR) is 63.6 cm³/mol. The average Bonchev–Trinajstić information content (AvgIpc) is 2.27. The SMILES string of the molecule is CC(C)C(c1cncnc1C(F)(F)F)N(C)C(=O)Cl. The van der Waals surface area contributed by atoms with Crippen molar-refractivity contribution in [2.75, 3.05) is 7.05 Å². The fraction of sp³-hybridized carbons (Fsp3) is 0.545. The van der Waals surface area contributed by atoms with Gasteiger partial charge in [0.05, 0.1) is 6.04 Å². The van der Waals surface area contributed by atoms with Crippen LogP contribution in [0.5, 0.6) is 0 Å². The second-order valence-corrected chi connectivity index (χ2v) is 4.70. The second kappa shape index (κ2) is 5.73. The molecule has 1 amide bonds. The Balaban J connectivity index is 3.36. The maximum Gasteiger partial charge on any atom is 0.433 e. The number of amides is 1. The van der Waals surface area contributed by atoms with Crippen LogP contribution < -0.4 is 0 Å². The molecule has 8 heteroatoms. The summed E-state index contributed by atoms with van der Waals surface area (Å²) in [4.78, 5) is 19.1. The van der Waals surface area contributed by atoms with Crippen molar-refractivity contribution in [2.24, 2.45) is 5.92 Å². The number of rotatable bonds is 3. The molecule has 0 saturated carbocycles. The molecule has 1 rings (SSSR count). The van der Waals surface area contributed by atoms with Gasteiger partial charge in [0.15, 0.2) is 5.69 Å². The van der Waals surface area contributed by atoms with Crippen LogP contribution in [0.1, 0.15) is 31.1 Å². The normalized spacial score (nSPS) is 13.5. The zero-order valence-electron chi connectivity index (χ0n) is 10.6. The maximum absolute atomic E-state index is 12.9. The van der Waals surface area contributed by atoms with Crippen LogP contribution in [0.4, 0.5) is 18.0 Å². The van der Waals surface area contributed by atoms with Gasteiger partial charge in [-0.15, -0.1) is 0 Å². The zero-order chi connectivity index (χ0) is 14.8. The molecule has 1 unspecified atom stereocenters. The summed E-state index contributed by atoms with van der Waals surface area (Å²) in [6.45, 7) is 3.38. The van der Waals surface area contributed by atoms with Gasteiger partial charge in [-0.25, -0.2) is 9.97 Å². The molecule has 0 aliphatic carbocycles. The lowest BCUT2D eigenvalue weighted by molar-refractivity contribution is -0.142. The molecular weight excluding hydrogens is 283 g/mol. The Morgan fingerprint density at radius 3 is 2.42 bits per heavy atom. The standard InChI is InChI=1S/C11H13ClF3N3O/c1-6(2)8(18(3)10(12)19)7-4-16-5-17-9(7)11(13,14)15/h4-6,8H,1-3H3. The van der Waals surface area contributed by atoms with Gasteiger partial charge < -0.3 is 4.90 Å². The van der Waals surface area contributed by atoms with E-state index < -0.39 is 23.3 Å². The highest BCUT2D eigenvalue weighted by molar-refractivity contribution is 6.62. The van der Waals surface area contributed by atoms with E-state index in [2.05, 4.69) is 9.97 Å². The number of carbonyl (C=O) groups excluding carboxylic acids is 1. The van der Waals surface area contributed by atoms with E-state index in [0.717, 1.165) is 17.4 Å². The van der Waals surface area contributed by atoms with Gasteiger partial charge in [-0.2, -0.15) is 13.2 Å². The lowest BCUT2D eigenvalue weighted by atomic mass is 9.94. The number of aromatic nitrogens is 2. The summed E-state index contributed by atoms with van der Waals surface area (Å²) < 4.78 is 38.7. The molecule has 0 radical (unpaired) electrons. The van der Waals surface area contributed by atoms with Crippen molar-refractivity contribution < 1.29 is 18.0 Å². The van der Waals surface area contributed by atoms with Crippen LogP contribution in [-0.2, 0) is 6.18 Å². The molecule has 0 aromatic carbocycles. The van der Waals surface area contributed by atoms with Crippen LogP contribution >= 0.6 is 11.6 Å². The fourth-order valence-corrected chi connectivity index (χ4v) is 2.02. The average molecular weight is 296 g/mol. The summed E-state index contributed by atoms with van der Waals surface area (Å²) in [6, 6.07) is -0.845. The largest absolute Gasteiger partial charge is 0.433 e. The monoisotopic (exact) mass is 295 g/mol. The van der Waals surface area contributed by atoms with Crippen LogP contribution in [0.2, 0.25) is 0 Å². The summed E-state index contributed by atoms with van der Waals surface area (Å²) in [6.07, 6.45) is -2.72. The zero-order valence-corrected chi connectivity index (χ0v) is 11.3. The summed E-state index contributed by atoms with van der Waals surface area (Å²) in [5.41, 5.74) is -1.22. The lowest BCUT2D eigenvalue weighted by Crippen LogP contribution is -2.32. The highest BCUT2D eigenvalue weighted by Crippen LogP contribution is 2.37. The molecule has 106 valence electrons. The Bertz CT molecular complexity index is 465. The molecule has 1 aromatic rings. The molecule has 0 N–H and O–H groups in total. The van der Waals surface area contributed by atoms with E-state index in [-0.39, 0.29) is 11.5 Å². The molecule has 1 aromatic heterocycles. The first kappa shape index (κ1) is 15.7. The molecule has 19 heavy (non-hydrogen) atoms. The number of alkyl halides is 3. The Morgan fingerprint density at radius 1 is 1.42 bits per heavy atom. The van der Waals surface area contributed by atoms with Gasteiger partial charge in [-0.3, -0.25) is 4.79 Å². The van der Waals surface area contributed by atoms with E-state index in [9.17, 15) is 18.0 Å². The third-order valence-electron chi connectivity index (χ3n) is 2.65. The van der Waals surface area contributed by atoms with Crippen LogP contribution in [0, 0.1) is 5.92 Å². The molecule has 0 bridgehead atoms. The van der Waals surface area contributed by atoms with Gasteiger partial charge >= 0.3 is 11.5 Å².